The summed E-state index contributed by atoms with van der Waals surface area (Å²) in [6.45, 7) is 1.70. The van der Waals surface area contributed by atoms with Gasteiger partial charge in [-0.3, -0.25) is 4.79 Å². The maximum absolute atomic E-state index is 12.5. The highest BCUT2D eigenvalue weighted by atomic mass is 16.5. The van der Waals surface area contributed by atoms with Crippen LogP contribution in [-0.2, 0) is 0 Å². The largest absolute Gasteiger partial charge is 0.508 e. The van der Waals surface area contributed by atoms with Crippen molar-refractivity contribution in [2.24, 2.45) is 0 Å². The van der Waals surface area contributed by atoms with Crippen LogP contribution >= 0.6 is 0 Å². The number of benzene rings is 2. The van der Waals surface area contributed by atoms with Crippen LogP contribution in [-0.4, -0.2) is 25.1 Å². The van der Waals surface area contributed by atoms with Crippen LogP contribution < -0.4 is 14.2 Å². The fourth-order valence-electron chi connectivity index (χ4n) is 2.47. The molecule has 118 valence electrons. The number of fused-ring (bicyclic) bond motifs is 1. The van der Waals surface area contributed by atoms with Crippen molar-refractivity contribution in [3.8, 4) is 23.0 Å². The van der Waals surface area contributed by atoms with E-state index in [2.05, 4.69) is 0 Å². The van der Waals surface area contributed by atoms with Gasteiger partial charge >= 0.3 is 0 Å². The maximum atomic E-state index is 12.5. The lowest BCUT2D eigenvalue weighted by molar-refractivity contribution is 0.101. The van der Waals surface area contributed by atoms with Gasteiger partial charge < -0.3 is 19.3 Å². The summed E-state index contributed by atoms with van der Waals surface area (Å²) in [5.74, 6) is 1.69. The minimum absolute atomic E-state index is 0.0942. The molecule has 3 rings (SSSR count). The molecule has 0 fully saturated rings. The van der Waals surface area contributed by atoms with Crippen molar-refractivity contribution in [1.29, 1.82) is 0 Å². The number of allylic oxidation sites excluding steroid dienone is 1. The number of aromatic hydroxyl groups is 1. The number of methoxy groups -OCH3 is 2. The molecule has 2 aromatic carbocycles. The van der Waals surface area contributed by atoms with Crippen LogP contribution in [0.15, 0.2) is 36.1 Å². The van der Waals surface area contributed by atoms with Gasteiger partial charge in [0.05, 0.1) is 19.8 Å². The van der Waals surface area contributed by atoms with Gasteiger partial charge in [-0.2, -0.15) is 0 Å². The van der Waals surface area contributed by atoms with E-state index in [4.69, 9.17) is 14.2 Å². The summed E-state index contributed by atoms with van der Waals surface area (Å²) in [7, 11) is 3.12. The van der Waals surface area contributed by atoms with Crippen LogP contribution in [0.25, 0.3) is 6.08 Å². The second kappa shape index (κ2) is 5.68. The average Bonchev–Trinajstić information content (AvgIpc) is 2.88. The highest BCUT2D eigenvalue weighted by molar-refractivity contribution is 6.15. The monoisotopic (exact) mass is 312 g/mol. The Bertz CT molecular complexity index is 820. The zero-order valence-electron chi connectivity index (χ0n) is 13.0. The van der Waals surface area contributed by atoms with Gasteiger partial charge in [0, 0.05) is 11.1 Å². The molecule has 23 heavy (non-hydrogen) atoms. The highest BCUT2D eigenvalue weighted by Gasteiger charge is 2.30. The molecule has 0 amide bonds. The summed E-state index contributed by atoms with van der Waals surface area (Å²) >= 11 is 0. The standard InChI is InChI=1S/C18H16O5/c1-10-14(19)6-5-13-17(20)16(23-18(10)13)9-11-8-12(21-2)4-7-15(11)22-3/h4-9,19H,1-3H3/b16-9-. The number of phenolic OH excluding ortho intramolecular Hbond substituents is 1. The van der Waals surface area contributed by atoms with Gasteiger partial charge in [-0.15, -0.1) is 0 Å². The summed E-state index contributed by atoms with van der Waals surface area (Å²) in [6.07, 6.45) is 1.61. The molecule has 0 radical (unpaired) electrons. The Morgan fingerprint density at radius 2 is 1.91 bits per heavy atom. The molecule has 2 aromatic rings. The minimum atomic E-state index is -0.229. The van der Waals surface area contributed by atoms with E-state index in [1.165, 1.54) is 6.07 Å². The first-order valence-electron chi connectivity index (χ1n) is 7.04. The predicted octanol–water partition coefficient (Wildman–Crippen LogP) is 3.33. The topological polar surface area (TPSA) is 65.0 Å². The third-order valence-corrected chi connectivity index (χ3v) is 3.78. The molecule has 0 atom stereocenters. The van der Waals surface area contributed by atoms with E-state index in [0.717, 1.165) is 0 Å². The third kappa shape index (κ3) is 2.50. The number of ether oxygens (including phenoxy) is 3. The second-order valence-corrected chi connectivity index (χ2v) is 5.13. The van der Waals surface area contributed by atoms with Gasteiger partial charge in [0.2, 0.25) is 5.78 Å². The number of Topliss-reactive ketones (excluding diaryl/α,β-unsaturated/α-hetero) is 1. The molecule has 0 saturated carbocycles. The van der Waals surface area contributed by atoms with Crippen molar-refractivity contribution in [1.82, 2.24) is 0 Å². The van der Waals surface area contributed by atoms with Crippen LogP contribution in [0.2, 0.25) is 0 Å². The fourth-order valence-corrected chi connectivity index (χ4v) is 2.47. The number of hydrogen-bond acceptors (Lipinski definition) is 5. The molecule has 0 spiro atoms. The van der Waals surface area contributed by atoms with Crippen LogP contribution in [0.4, 0.5) is 0 Å². The van der Waals surface area contributed by atoms with E-state index in [1.54, 1.807) is 51.5 Å². The van der Waals surface area contributed by atoms with Crippen LogP contribution in [0.5, 0.6) is 23.0 Å². The predicted molar refractivity (Wildman–Crippen MR) is 85.3 cm³/mol. The van der Waals surface area contributed by atoms with Crippen LogP contribution in [0.1, 0.15) is 21.5 Å². The lowest BCUT2D eigenvalue weighted by Crippen LogP contribution is -1.99. The number of rotatable bonds is 3. The molecule has 5 nitrogen and oxygen atoms in total. The van der Waals surface area contributed by atoms with E-state index in [0.29, 0.717) is 33.9 Å². The van der Waals surface area contributed by atoms with E-state index in [9.17, 15) is 9.90 Å². The van der Waals surface area contributed by atoms with Gasteiger partial charge in [-0.1, -0.05) is 0 Å². The van der Waals surface area contributed by atoms with E-state index < -0.39 is 0 Å². The van der Waals surface area contributed by atoms with Gasteiger partial charge in [-0.05, 0) is 43.3 Å². The summed E-state index contributed by atoms with van der Waals surface area (Å²) in [6, 6.07) is 8.34. The molecule has 0 saturated heterocycles. The smallest absolute Gasteiger partial charge is 0.231 e. The van der Waals surface area contributed by atoms with E-state index in [1.807, 2.05) is 0 Å². The molecule has 5 heteroatoms. The molecule has 0 aliphatic carbocycles. The maximum Gasteiger partial charge on any atom is 0.231 e. The normalized spacial score (nSPS) is 14.6. The first-order valence-corrected chi connectivity index (χ1v) is 7.04. The zero-order valence-corrected chi connectivity index (χ0v) is 13.0. The molecule has 1 aliphatic rings. The molecule has 0 unspecified atom stereocenters. The zero-order chi connectivity index (χ0) is 16.6. The van der Waals surface area contributed by atoms with Crippen molar-refractivity contribution in [2.45, 2.75) is 6.92 Å². The number of hydrogen-bond donors (Lipinski definition) is 1. The molecular formula is C18H16O5. The van der Waals surface area contributed by atoms with Crippen molar-refractivity contribution in [2.75, 3.05) is 14.2 Å². The Hall–Kier alpha value is -2.95. The molecule has 1 N–H and O–H groups in total. The third-order valence-electron chi connectivity index (χ3n) is 3.78. The molecule has 0 bridgehead atoms. The van der Waals surface area contributed by atoms with Crippen molar-refractivity contribution in [3.05, 3.63) is 52.8 Å². The Balaban J connectivity index is 2.06. The minimum Gasteiger partial charge on any atom is -0.508 e. The lowest BCUT2D eigenvalue weighted by Gasteiger charge is -2.08. The summed E-state index contributed by atoms with van der Waals surface area (Å²) in [5, 5.41) is 9.75. The van der Waals surface area contributed by atoms with Gasteiger partial charge in [-0.25, -0.2) is 0 Å². The highest BCUT2D eigenvalue weighted by Crippen LogP contribution is 2.39. The molecule has 1 heterocycles. The first-order chi connectivity index (χ1) is 11.0. The Morgan fingerprint density at radius 3 is 2.61 bits per heavy atom. The average molecular weight is 312 g/mol. The second-order valence-electron chi connectivity index (χ2n) is 5.13. The number of carbonyl (C=O) groups is 1. The number of phenols is 1. The SMILES string of the molecule is COc1ccc(OC)c(/C=C2\Oc3c(ccc(O)c3C)C2=O)c1. The van der Waals surface area contributed by atoms with Crippen molar-refractivity contribution in [3.63, 3.8) is 0 Å². The van der Waals surface area contributed by atoms with Gasteiger partial charge in [0.15, 0.2) is 5.76 Å². The summed E-state index contributed by atoms with van der Waals surface area (Å²) in [4.78, 5) is 12.5. The summed E-state index contributed by atoms with van der Waals surface area (Å²) in [5.41, 5.74) is 1.65. The Morgan fingerprint density at radius 1 is 1.13 bits per heavy atom. The van der Waals surface area contributed by atoms with Crippen molar-refractivity contribution >= 4 is 11.9 Å². The lowest BCUT2D eigenvalue weighted by atomic mass is 10.1. The Labute approximate surface area is 133 Å². The molecular weight excluding hydrogens is 296 g/mol. The van der Waals surface area contributed by atoms with E-state index in [-0.39, 0.29) is 17.3 Å². The Kier molecular flexibility index (Phi) is 3.70. The van der Waals surface area contributed by atoms with Gasteiger partial charge in [0.25, 0.3) is 0 Å². The molecule has 1 aliphatic heterocycles. The van der Waals surface area contributed by atoms with E-state index >= 15 is 0 Å². The fraction of sp³-hybridized carbons (Fsp3) is 0.167. The first kappa shape index (κ1) is 15.0. The number of carbonyl (C=O) groups excluding carboxylic acids is 1. The summed E-state index contributed by atoms with van der Waals surface area (Å²) < 4.78 is 16.2. The van der Waals surface area contributed by atoms with Crippen LogP contribution in [0.3, 0.4) is 0 Å². The molecule has 0 aromatic heterocycles. The van der Waals surface area contributed by atoms with Crippen LogP contribution in [0, 0.1) is 6.92 Å². The van der Waals surface area contributed by atoms with Crippen molar-refractivity contribution < 1.29 is 24.1 Å². The van der Waals surface area contributed by atoms with Gasteiger partial charge in [0.1, 0.15) is 23.0 Å². The quantitative estimate of drug-likeness (QED) is 0.881. The number of ketones is 1.